The fraction of sp³-hybridized carbons (Fsp3) is 0.273. The van der Waals surface area contributed by atoms with Crippen molar-refractivity contribution < 1.29 is 24.0 Å². The summed E-state index contributed by atoms with van der Waals surface area (Å²) < 4.78 is 9.64. The summed E-state index contributed by atoms with van der Waals surface area (Å²) in [7, 11) is 1.20. The third kappa shape index (κ3) is 2.46. The Balaban J connectivity index is 2.41. The molecule has 0 saturated carbocycles. The molecule has 0 aliphatic carbocycles. The molecule has 0 bridgehead atoms. The molecule has 1 aliphatic heterocycles. The fourth-order valence-electron chi connectivity index (χ4n) is 1.67. The second kappa shape index (κ2) is 4.92. The Morgan fingerprint density at radius 3 is 2.95 bits per heavy atom. The van der Waals surface area contributed by atoms with Gasteiger partial charge in [0, 0.05) is 12.1 Å². The predicted octanol–water partition coefficient (Wildman–Crippen LogP) is 0.493. The number of hydrogen-bond acceptors (Lipinski definition) is 6. The van der Waals surface area contributed by atoms with E-state index in [0.717, 1.165) is 4.90 Å². The van der Waals surface area contributed by atoms with Gasteiger partial charge in [-0.1, -0.05) is 0 Å². The Kier molecular flexibility index (Phi) is 3.32. The number of non-ortho nitro benzene ring substituents is 1. The molecular formula is C11H10N2O6. The van der Waals surface area contributed by atoms with Gasteiger partial charge >= 0.3 is 5.97 Å². The molecule has 1 aliphatic rings. The minimum absolute atomic E-state index is 0.188. The van der Waals surface area contributed by atoms with Crippen molar-refractivity contribution in [1.29, 1.82) is 0 Å². The number of hydrogen-bond donors (Lipinski definition) is 0. The van der Waals surface area contributed by atoms with Crippen molar-refractivity contribution in [2.75, 3.05) is 25.2 Å². The predicted molar refractivity (Wildman–Crippen MR) is 63.0 cm³/mol. The maximum atomic E-state index is 11.7. The van der Waals surface area contributed by atoms with Crippen LogP contribution in [-0.4, -0.2) is 37.1 Å². The van der Waals surface area contributed by atoms with E-state index in [4.69, 9.17) is 4.74 Å². The summed E-state index contributed by atoms with van der Waals surface area (Å²) in [4.78, 5) is 34.2. The molecule has 8 nitrogen and oxygen atoms in total. The zero-order chi connectivity index (χ0) is 14.0. The van der Waals surface area contributed by atoms with Crippen LogP contribution in [0.2, 0.25) is 0 Å². The van der Waals surface area contributed by atoms with Gasteiger partial charge in [-0.2, -0.15) is 0 Å². The number of esters is 1. The Morgan fingerprint density at radius 1 is 1.58 bits per heavy atom. The first-order valence-electron chi connectivity index (χ1n) is 5.31. The molecule has 2 rings (SSSR count). The highest BCUT2D eigenvalue weighted by molar-refractivity contribution is 6.01. The normalized spacial score (nSPS) is 13.5. The highest BCUT2D eigenvalue weighted by Gasteiger charge is 2.29. The number of amides is 1. The zero-order valence-corrected chi connectivity index (χ0v) is 9.99. The standard InChI is InChI=1S/C11H10N2O6/c1-18-11(15)5-12-8-4-7(13(16)17)2-3-9(8)19-6-10(12)14/h2-4H,5-6H2,1H3. The highest BCUT2D eigenvalue weighted by Crippen LogP contribution is 2.35. The number of ether oxygens (including phenoxy) is 2. The third-order valence-corrected chi connectivity index (χ3v) is 2.61. The SMILES string of the molecule is COC(=O)CN1C(=O)COc2ccc([N+](=O)[O-])cc21. The summed E-state index contributed by atoms with van der Waals surface area (Å²) in [6, 6.07) is 3.85. The van der Waals surface area contributed by atoms with Crippen molar-refractivity contribution in [1.82, 2.24) is 0 Å². The average molecular weight is 266 g/mol. The summed E-state index contributed by atoms with van der Waals surface area (Å²) in [5.74, 6) is -0.764. The Hall–Kier alpha value is -2.64. The second-order valence-electron chi connectivity index (χ2n) is 3.75. The van der Waals surface area contributed by atoms with Crippen LogP contribution >= 0.6 is 0 Å². The lowest BCUT2D eigenvalue weighted by Crippen LogP contribution is -2.42. The minimum atomic E-state index is -0.618. The second-order valence-corrected chi connectivity index (χ2v) is 3.75. The molecular weight excluding hydrogens is 256 g/mol. The Labute approximate surface area is 107 Å². The number of anilines is 1. The first-order valence-corrected chi connectivity index (χ1v) is 5.31. The van der Waals surface area contributed by atoms with Crippen LogP contribution in [0.15, 0.2) is 18.2 Å². The molecule has 0 spiro atoms. The molecule has 19 heavy (non-hydrogen) atoms. The van der Waals surface area contributed by atoms with Crippen molar-refractivity contribution in [2.24, 2.45) is 0 Å². The number of carbonyl (C=O) groups excluding carboxylic acids is 2. The van der Waals surface area contributed by atoms with Crippen LogP contribution < -0.4 is 9.64 Å². The highest BCUT2D eigenvalue weighted by atomic mass is 16.6. The van der Waals surface area contributed by atoms with E-state index in [-0.39, 0.29) is 24.5 Å². The molecule has 1 aromatic rings. The Morgan fingerprint density at radius 2 is 2.32 bits per heavy atom. The van der Waals surface area contributed by atoms with Crippen LogP contribution in [0.5, 0.6) is 5.75 Å². The molecule has 1 amide bonds. The number of rotatable bonds is 3. The maximum absolute atomic E-state index is 11.7. The van der Waals surface area contributed by atoms with E-state index in [0.29, 0.717) is 5.75 Å². The summed E-state index contributed by atoms with van der Waals surface area (Å²) in [6.45, 7) is -0.533. The molecule has 0 saturated heterocycles. The molecule has 1 aromatic carbocycles. The van der Waals surface area contributed by atoms with Gasteiger partial charge in [0.2, 0.25) is 0 Å². The van der Waals surface area contributed by atoms with E-state index < -0.39 is 16.8 Å². The van der Waals surface area contributed by atoms with Crippen LogP contribution in [0.3, 0.4) is 0 Å². The molecule has 0 atom stereocenters. The van der Waals surface area contributed by atoms with Crippen LogP contribution in [0, 0.1) is 10.1 Å². The van der Waals surface area contributed by atoms with Gasteiger partial charge in [0.05, 0.1) is 17.7 Å². The maximum Gasteiger partial charge on any atom is 0.325 e. The van der Waals surface area contributed by atoms with Gasteiger partial charge in [0.25, 0.3) is 11.6 Å². The molecule has 1 heterocycles. The zero-order valence-electron chi connectivity index (χ0n) is 9.99. The van der Waals surface area contributed by atoms with Gasteiger partial charge < -0.3 is 9.47 Å². The number of nitro groups is 1. The van der Waals surface area contributed by atoms with Crippen LogP contribution in [-0.2, 0) is 14.3 Å². The average Bonchev–Trinajstić information content (AvgIpc) is 2.41. The van der Waals surface area contributed by atoms with Gasteiger partial charge in [0.1, 0.15) is 12.3 Å². The molecule has 0 N–H and O–H groups in total. The number of nitrogens with zero attached hydrogens (tertiary/aromatic N) is 2. The van der Waals surface area contributed by atoms with Crippen LogP contribution in [0.4, 0.5) is 11.4 Å². The van der Waals surface area contributed by atoms with Gasteiger partial charge in [-0.25, -0.2) is 0 Å². The van der Waals surface area contributed by atoms with E-state index in [2.05, 4.69) is 4.74 Å². The number of methoxy groups -OCH3 is 1. The summed E-state index contributed by atoms with van der Waals surface area (Å²) in [5, 5.41) is 10.7. The molecule has 100 valence electrons. The van der Waals surface area contributed by atoms with Crippen molar-refractivity contribution in [3.05, 3.63) is 28.3 Å². The first-order chi connectivity index (χ1) is 9.02. The monoisotopic (exact) mass is 266 g/mol. The van der Waals surface area contributed by atoms with Crippen molar-refractivity contribution in [3.63, 3.8) is 0 Å². The molecule has 8 heteroatoms. The molecule has 0 fully saturated rings. The smallest absolute Gasteiger partial charge is 0.325 e. The van der Waals surface area contributed by atoms with E-state index in [1.54, 1.807) is 0 Å². The van der Waals surface area contributed by atoms with Crippen LogP contribution in [0.1, 0.15) is 0 Å². The van der Waals surface area contributed by atoms with E-state index in [9.17, 15) is 19.7 Å². The van der Waals surface area contributed by atoms with Gasteiger partial charge in [-0.15, -0.1) is 0 Å². The van der Waals surface area contributed by atoms with Gasteiger partial charge in [-0.3, -0.25) is 24.6 Å². The lowest BCUT2D eigenvalue weighted by atomic mass is 10.2. The summed E-state index contributed by atoms with van der Waals surface area (Å²) >= 11 is 0. The van der Waals surface area contributed by atoms with Crippen molar-refractivity contribution >= 4 is 23.3 Å². The lowest BCUT2D eigenvalue weighted by Gasteiger charge is -2.28. The van der Waals surface area contributed by atoms with Crippen molar-refractivity contribution in [3.8, 4) is 5.75 Å². The van der Waals surface area contributed by atoms with E-state index in [1.165, 1.54) is 25.3 Å². The summed E-state index contributed by atoms with van der Waals surface area (Å²) in [6.07, 6.45) is 0. The van der Waals surface area contributed by atoms with E-state index >= 15 is 0 Å². The quantitative estimate of drug-likeness (QED) is 0.448. The van der Waals surface area contributed by atoms with Gasteiger partial charge in [0.15, 0.2) is 6.61 Å². The fourth-order valence-corrected chi connectivity index (χ4v) is 1.67. The van der Waals surface area contributed by atoms with Gasteiger partial charge in [-0.05, 0) is 6.07 Å². The number of carbonyl (C=O) groups is 2. The number of fused-ring (bicyclic) bond motifs is 1. The minimum Gasteiger partial charge on any atom is -0.482 e. The number of benzene rings is 1. The topological polar surface area (TPSA) is 99.0 Å². The third-order valence-electron chi connectivity index (χ3n) is 2.61. The van der Waals surface area contributed by atoms with Crippen molar-refractivity contribution in [2.45, 2.75) is 0 Å². The molecule has 0 aromatic heterocycles. The summed E-state index contributed by atoms with van der Waals surface area (Å²) in [5.41, 5.74) is 0.00256. The Bertz CT molecular complexity index is 556. The molecule has 0 unspecified atom stereocenters. The molecule has 0 radical (unpaired) electrons. The lowest BCUT2D eigenvalue weighted by molar-refractivity contribution is -0.384. The van der Waals surface area contributed by atoms with E-state index in [1.807, 2.05) is 0 Å². The number of nitro benzene ring substituents is 1. The van der Waals surface area contributed by atoms with Crippen LogP contribution in [0.25, 0.3) is 0 Å². The largest absolute Gasteiger partial charge is 0.482 e. The first kappa shape index (κ1) is 12.8.